The van der Waals surface area contributed by atoms with Gasteiger partial charge in [0.25, 0.3) is 0 Å². The van der Waals surface area contributed by atoms with E-state index >= 15 is 0 Å². The Labute approximate surface area is 143 Å². The molecule has 4 rings (SSSR count). The van der Waals surface area contributed by atoms with E-state index in [-0.39, 0.29) is 5.82 Å². The maximum atomic E-state index is 13.9. The van der Waals surface area contributed by atoms with Gasteiger partial charge in [0.05, 0.1) is 5.69 Å². The first-order valence-corrected chi connectivity index (χ1v) is 8.69. The van der Waals surface area contributed by atoms with Crippen molar-refractivity contribution < 1.29 is 4.39 Å². The standard InChI is InChI=1S/C19H16FN3S/c1-12(2)23-8-7-13-9-14(10-21-18(13)23)19-22-17(11-24-19)15-5-3-4-6-16(15)20/h3-12H,1-2H3. The molecule has 0 aliphatic heterocycles. The van der Waals surface area contributed by atoms with Crippen molar-refractivity contribution in [3.05, 3.63) is 60.0 Å². The molecule has 0 radical (unpaired) electrons. The number of fused-ring (bicyclic) bond motifs is 1. The molecular weight excluding hydrogens is 321 g/mol. The summed E-state index contributed by atoms with van der Waals surface area (Å²) in [5, 5.41) is 3.82. The Morgan fingerprint density at radius 3 is 2.79 bits per heavy atom. The van der Waals surface area contributed by atoms with E-state index < -0.39 is 0 Å². The van der Waals surface area contributed by atoms with Crippen LogP contribution in [-0.4, -0.2) is 14.5 Å². The SMILES string of the molecule is CC(C)n1ccc2cc(-c3nc(-c4ccccc4F)cs3)cnc21. The molecule has 3 heterocycles. The molecule has 0 saturated heterocycles. The number of rotatable bonds is 3. The van der Waals surface area contributed by atoms with E-state index in [1.807, 2.05) is 17.6 Å². The average molecular weight is 337 g/mol. The van der Waals surface area contributed by atoms with E-state index in [0.29, 0.717) is 17.3 Å². The minimum Gasteiger partial charge on any atom is -0.330 e. The molecule has 24 heavy (non-hydrogen) atoms. The summed E-state index contributed by atoms with van der Waals surface area (Å²) in [6.45, 7) is 4.27. The van der Waals surface area contributed by atoms with Crippen LogP contribution in [0.1, 0.15) is 19.9 Å². The summed E-state index contributed by atoms with van der Waals surface area (Å²) in [6.07, 6.45) is 3.89. The van der Waals surface area contributed by atoms with Gasteiger partial charge in [0.2, 0.25) is 0 Å². The Morgan fingerprint density at radius 2 is 2.00 bits per heavy atom. The van der Waals surface area contributed by atoms with Gasteiger partial charge >= 0.3 is 0 Å². The van der Waals surface area contributed by atoms with Crippen molar-refractivity contribution in [3.63, 3.8) is 0 Å². The fraction of sp³-hybridized carbons (Fsp3) is 0.158. The normalized spacial score (nSPS) is 11.5. The first-order chi connectivity index (χ1) is 11.6. The molecule has 120 valence electrons. The fourth-order valence-electron chi connectivity index (χ4n) is 2.78. The van der Waals surface area contributed by atoms with Crippen LogP contribution in [0.4, 0.5) is 4.39 Å². The fourth-order valence-corrected chi connectivity index (χ4v) is 3.58. The van der Waals surface area contributed by atoms with Crippen LogP contribution in [0.15, 0.2) is 54.2 Å². The van der Waals surface area contributed by atoms with E-state index in [1.165, 1.54) is 17.4 Å². The van der Waals surface area contributed by atoms with E-state index in [4.69, 9.17) is 0 Å². The van der Waals surface area contributed by atoms with Crippen molar-refractivity contribution in [3.8, 4) is 21.8 Å². The number of hydrogen-bond acceptors (Lipinski definition) is 3. The second kappa shape index (κ2) is 5.83. The van der Waals surface area contributed by atoms with E-state index in [2.05, 4.69) is 46.7 Å². The molecule has 0 unspecified atom stereocenters. The molecule has 1 aromatic carbocycles. The van der Waals surface area contributed by atoms with Crippen LogP contribution in [0.3, 0.4) is 0 Å². The molecule has 0 bridgehead atoms. The van der Waals surface area contributed by atoms with Crippen molar-refractivity contribution >= 4 is 22.4 Å². The molecule has 0 fully saturated rings. The van der Waals surface area contributed by atoms with Crippen molar-refractivity contribution in [1.82, 2.24) is 14.5 Å². The molecule has 0 N–H and O–H groups in total. The number of hydrogen-bond donors (Lipinski definition) is 0. The lowest BCUT2D eigenvalue weighted by Crippen LogP contribution is -1.99. The molecule has 4 aromatic rings. The van der Waals surface area contributed by atoms with Gasteiger partial charge in [0, 0.05) is 40.3 Å². The van der Waals surface area contributed by atoms with Gasteiger partial charge in [-0.3, -0.25) is 0 Å². The molecule has 3 aromatic heterocycles. The third kappa shape index (κ3) is 2.51. The molecule has 0 spiro atoms. The second-order valence-corrected chi connectivity index (χ2v) is 6.83. The first-order valence-electron chi connectivity index (χ1n) is 7.81. The van der Waals surface area contributed by atoms with E-state index in [9.17, 15) is 4.39 Å². The number of aromatic nitrogens is 3. The monoisotopic (exact) mass is 337 g/mol. The van der Waals surface area contributed by atoms with Crippen LogP contribution >= 0.6 is 11.3 Å². The van der Waals surface area contributed by atoms with Gasteiger partial charge in [-0.25, -0.2) is 14.4 Å². The maximum Gasteiger partial charge on any atom is 0.140 e. The first kappa shape index (κ1) is 15.0. The quantitative estimate of drug-likeness (QED) is 0.491. The zero-order chi connectivity index (χ0) is 16.7. The highest BCUT2D eigenvalue weighted by Gasteiger charge is 2.12. The summed E-state index contributed by atoms with van der Waals surface area (Å²) in [6, 6.07) is 11.2. The van der Waals surface area contributed by atoms with Crippen LogP contribution in [0.2, 0.25) is 0 Å². The molecule has 0 saturated carbocycles. The Hall–Kier alpha value is -2.53. The summed E-state index contributed by atoms with van der Waals surface area (Å²) < 4.78 is 16.1. The van der Waals surface area contributed by atoms with Gasteiger partial charge in [-0.05, 0) is 38.1 Å². The Balaban J connectivity index is 1.75. The molecule has 0 aliphatic carbocycles. The predicted octanol–water partition coefficient (Wildman–Crippen LogP) is 5.55. The molecule has 0 aliphatic rings. The summed E-state index contributed by atoms with van der Waals surface area (Å²) in [5.74, 6) is -0.253. The lowest BCUT2D eigenvalue weighted by molar-refractivity contribution is 0.618. The Morgan fingerprint density at radius 1 is 1.17 bits per heavy atom. The number of pyridine rings is 1. The second-order valence-electron chi connectivity index (χ2n) is 5.97. The smallest absolute Gasteiger partial charge is 0.140 e. The molecule has 3 nitrogen and oxygen atoms in total. The largest absolute Gasteiger partial charge is 0.330 e. The molecule has 0 amide bonds. The zero-order valence-electron chi connectivity index (χ0n) is 13.4. The highest BCUT2D eigenvalue weighted by molar-refractivity contribution is 7.13. The van der Waals surface area contributed by atoms with E-state index in [0.717, 1.165) is 21.6 Å². The highest BCUT2D eigenvalue weighted by atomic mass is 32.1. The molecule has 0 atom stereocenters. The van der Waals surface area contributed by atoms with Gasteiger partial charge in [-0.15, -0.1) is 11.3 Å². The number of halogens is 1. The van der Waals surface area contributed by atoms with Crippen LogP contribution < -0.4 is 0 Å². The van der Waals surface area contributed by atoms with Gasteiger partial charge in [0.15, 0.2) is 0 Å². The van der Waals surface area contributed by atoms with Crippen LogP contribution in [0, 0.1) is 5.82 Å². The minimum atomic E-state index is -0.253. The van der Waals surface area contributed by atoms with Gasteiger partial charge < -0.3 is 4.57 Å². The van der Waals surface area contributed by atoms with Gasteiger partial charge in [-0.1, -0.05) is 12.1 Å². The Bertz CT molecular complexity index is 1020. The maximum absolute atomic E-state index is 13.9. The third-order valence-corrected chi connectivity index (χ3v) is 4.90. The van der Waals surface area contributed by atoms with E-state index in [1.54, 1.807) is 12.1 Å². The van der Waals surface area contributed by atoms with Crippen LogP contribution in [0.25, 0.3) is 32.9 Å². The molecular formula is C19H16FN3S. The highest BCUT2D eigenvalue weighted by Crippen LogP contribution is 2.31. The van der Waals surface area contributed by atoms with Crippen molar-refractivity contribution in [2.75, 3.05) is 0 Å². The average Bonchev–Trinajstić information content (AvgIpc) is 3.21. The lowest BCUT2D eigenvalue weighted by atomic mass is 10.1. The van der Waals surface area contributed by atoms with Crippen molar-refractivity contribution in [2.24, 2.45) is 0 Å². The number of thiazole rings is 1. The van der Waals surface area contributed by atoms with Gasteiger partial charge in [-0.2, -0.15) is 0 Å². The molecule has 5 heteroatoms. The third-order valence-electron chi connectivity index (χ3n) is 4.01. The summed E-state index contributed by atoms with van der Waals surface area (Å²) >= 11 is 1.50. The Kier molecular flexibility index (Phi) is 3.65. The summed E-state index contributed by atoms with van der Waals surface area (Å²) in [4.78, 5) is 9.19. The summed E-state index contributed by atoms with van der Waals surface area (Å²) in [5.41, 5.74) is 3.11. The summed E-state index contributed by atoms with van der Waals surface area (Å²) in [7, 11) is 0. The predicted molar refractivity (Wildman–Crippen MR) is 96.6 cm³/mol. The number of benzene rings is 1. The van der Waals surface area contributed by atoms with Crippen LogP contribution in [0.5, 0.6) is 0 Å². The van der Waals surface area contributed by atoms with Crippen molar-refractivity contribution in [1.29, 1.82) is 0 Å². The minimum absolute atomic E-state index is 0.253. The van der Waals surface area contributed by atoms with Crippen molar-refractivity contribution in [2.45, 2.75) is 19.9 Å². The van der Waals surface area contributed by atoms with Crippen LogP contribution in [-0.2, 0) is 0 Å². The lowest BCUT2D eigenvalue weighted by Gasteiger charge is -2.08. The van der Waals surface area contributed by atoms with Gasteiger partial charge in [0.1, 0.15) is 16.5 Å². The number of nitrogens with zero attached hydrogens (tertiary/aromatic N) is 3. The zero-order valence-corrected chi connectivity index (χ0v) is 14.2. The topological polar surface area (TPSA) is 30.7 Å².